The lowest BCUT2D eigenvalue weighted by molar-refractivity contribution is -0.0757. The van der Waals surface area contributed by atoms with Gasteiger partial charge in [-0.2, -0.15) is 0 Å². The third-order valence-electron chi connectivity index (χ3n) is 5.23. The maximum Gasteiger partial charge on any atom is 0.277 e. The molecule has 0 saturated heterocycles. The molecule has 9 nitrogen and oxygen atoms in total. The molecular weight excluding hydrogens is 458 g/mol. The molecule has 10 heteroatoms. The summed E-state index contributed by atoms with van der Waals surface area (Å²) in [5, 5.41) is 1.12. The summed E-state index contributed by atoms with van der Waals surface area (Å²) in [4.78, 5) is 25.7. The maximum atomic E-state index is 12.8. The molecule has 0 spiro atoms. The average Bonchev–Trinajstić information content (AvgIpc) is 3.47. The molecule has 34 heavy (non-hydrogen) atoms. The number of rotatable bonds is 7. The largest absolute Gasteiger partial charge is 0.471 e. The van der Waals surface area contributed by atoms with Crippen LogP contribution in [0, 0.1) is 0 Å². The number of aromatic nitrogens is 1. The van der Waals surface area contributed by atoms with Gasteiger partial charge in [0, 0.05) is 30.1 Å². The fourth-order valence-electron chi connectivity index (χ4n) is 3.41. The smallest absolute Gasteiger partial charge is 0.277 e. The molecule has 0 fully saturated rings. The standard InChI is InChI=1S/C24H25N3O6S/c1-15-14-25-23(32-15)22-10-9-21(26-22)16-11-17(24(28)27(2)31-3)13-19(12-16)33-18-5-7-20(8-6-18)34(4,29)30/h5-13,15,26H,14H2,1-4H3/t15-/m0/s1. The minimum absolute atomic E-state index is 0.0290. The Kier molecular flexibility index (Phi) is 6.45. The molecule has 178 valence electrons. The van der Waals surface area contributed by atoms with Gasteiger partial charge in [-0.25, -0.2) is 18.5 Å². The first-order valence-electron chi connectivity index (χ1n) is 10.5. The SMILES string of the molecule is CON(C)C(=O)c1cc(Oc2ccc(S(C)(=O)=O)cc2)cc(-c2ccc(C3=NC[C@H](C)O3)[nH]2)c1. The summed E-state index contributed by atoms with van der Waals surface area (Å²) in [6.07, 6.45) is 1.17. The summed E-state index contributed by atoms with van der Waals surface area (Å²) in [5.41, 5.74) is 2.54. The van der Waals surface area contributed by atoms with Crippen molar-refractivity contribution in [3.63, 3.8) is 0 Å². The highest BCUT2D eigenvalue weighted by atomic mass is 32.2. The molecule has 0 radical (unpaired) electrons. The number of amides is 1. The van der Waals surface area contributed by atoms with E-state index in [1.165, 1.54) is 26.3 Å². The Morgan fingerprint density at radius 1 is 1.09 bits per heavy atom. The number of aliphatic imine (C=N–C) groups is 1. The number of nitrogens with zero attached hydrogens (tertiary/aromatic N) is 2. The quantitative estimate of drug-likeness (QED) is 0.514. The Hall–Kier alpha value is -3.63. The van der Waals surface area contributed by atoms with Crippen LogP contribution < -0.4 is 4.74 Å². The summed E-state index contributed by atoms with van der Waals surface area (Å²) in [6, 6.07) is 14.9. The normalized spacial score (nSPS) is 15.5. The lowest BCUT2D eigenvalue weighted by Crippen LogP contribution is -2.25. The van der Waals surface area contributed by atoms with E-state index in [4.69, 9.17) is 14.3 Å². The molecule has 1 aliphatic heterocycles. The van der Waals surface area contributed by atoms with E-state index in [2.05, 4.69) is 9.98 Å². The van der Waals surface area contributed by atoms with Gasteiger partial charge >= 0.3 is 0 Å². The highest BCUT2D eigenvalue weighted by Gasteiger charge is 2.20. The van der Waals surface area contributed by atoms with Gasteiger partial charge in [-0.1, -0.05) is 0 Å². The fraction of sp³-hybridized carbons (Fsp3) is 0.250. The summed E-state index contributed by atoms with van der Waals surface area (Å²) >= 11 is 0. The van der Waals surface area contributed by atoms with Crippen molar-refractivity contribution in [1.29, 1.82) is 0 Å². The van der Waals surface area contributed by atoms with E-state index in [-0.39, 0.29) is 16.9 Å². The van der Waals surface area contributed by atoms with Crippen LogP contribution in [0.25, 0.3) is 11.3 Å². The summed E-state index contributed by atoms with van der Waals surface area (Å²) < 4.78 is 35.1. The molecule has 1 aliphatic rings. The number of hydroxylamine groups is 2. The monoisotopic (exact) mass is 483 g/mol. The Labute approximate surface area is 197 Å². The molecule has 2 heterocycles. The predicted octanol–water partition coefficient (Wildman–Crippen LogP) is 3.68. The van der Waals surface area contributed by atoms with E-state index in [1.807, 2.05) is 19.1 Å². The van der Waals surface area contributed by atoms with E-state index >= 15 is 0 Å². The number of nitrogens with one attached hydrogen (secondary N) is 1. The van der Waals surface area contributed by atoms with Crippen LogP contribution in [0.1, 0.15) is 23.0 Å². The average molecular weight is 484 g/mol. The van der Waals surface area contributed by atoms with Crippen LogP contribution in [0.5, 0.6) is 11.5 Å². The highest BCUT2D eigenvalue weighted by Crippen LogP contribution is 2.30. The number of carbonyl (C=O) groups is 1. The van der Waals surface area contributed by atoms with Gasteiger partial charge in [0.2, 0.25) is 5.90 Å². The van der Waals surface area contributed by atoms with Crippen molar-refractivity contribution < 1.29 is 27.5 Å². The third-order valence-corrected chi connectivity index (χ3v) is 6.36. The first kappa shape index (κ1) is 23.5. The minimum atomic E-state index is -3.32. The van der Waals surface area contributed by atoms with Gasteiger partial charge in [-0.15, -0.1) is 0 Å². The molecule has 1 atom stereocenters. The van der Waals surface area contributed by atoms with Crippen LogP contribution in [-0.2, 0) is 19.4 Å². The van der Waals surface area contributed by atoms with Crippen molar-refractivity contribution in [2.24, 2.45) is 4.99 Å². The van der Waals surface area contributed by atoms with Gasteiger partial charge in [-0.05, 0) is 61.5 Å². The molecule has 3 aromatic rings. The predicted molar refractivity (Wildman–Crippen MR) is 127 cm³/mol. The second-order valence-electron chi connectivity index (χ2n) is 7.94. The number of hydrogen-bond donors (Lipinski definition) is 1. The fourth-order valence-corrected chi connectivity index (χ4v) is 4.04. The summed E-state index contributed by atoms with van der Waals surface area (Å²) in [6.45, 7) is 2.56. The van der Waals surface area contributed by atoms with Crippen molar-refractivity contribution in [2.45, 2.75) is 17.9 Å². The van der Waals surface area contributed by atoms with Gasteiger partial charge in [0.05, 0.1) is 18.6 Å². The van der Waals surface area contributed by atoms with Crippen molar-refractivity contribution in [2.75, 3.05) is 27.0 Å². The Balaban J connectivity index is 1.69. The maximum absolute atomic E-state index is 12.8. The number of aromatic amines is 1. The van der Waals surface area contributed by atoms with Gasteiger partial charge in [-0.3, -0.25) is 9.63 Å². The van der Waals surface area contributed by atoms with Gasteiger partial charge in [0.1, 0.15) is 23.3 Å². The Morgan fingerprint density at radius 2 is 1.79 bits per heavy atom. The molecule has 1 N–H and O–H groups in total. The molecule has 0 aliphatic carbocycles. The number of carbonyl (C=O) groups excluding carboxylic acids is 1. The Morgan fingerprint density at radius 3 is 2.41 bits per heavy atom. The van der Waals surface area contributed by atoms with E-state index in [0.29, 0.717) is 35.1 Å². The van der Waals surface area contributed by atoms with Gasteiger partial charge < -0.3 is 14.5 Å². The summed E-state index contributed by atoms with van der Waals surface area (Å²) in [7, 11) is -0.395. The number of ether oxygens (including phenoxy) is 2. The van der Waals surface area contributed by atoms with Crippen molar-refractivity contribution in [3.05, 3.63) is 65.9 Å². The minimum Gasteiger partial charge on any atom is -0.471 e. The molecular formula is C24H25N3O6S. The number of hydrogen-bond acceptors (Lipinski definition) is 7. The first-order chi connectivity index (χ1) is 16.1. The van der Waals surface area contributed by atoms with Crippen LogP contribution >= 0.6 is 0 Å². The van der Waals surface area contributed by atoms with E-state index in [1.54, 1.807) is 30.3 Å². The molecule has 4 rings (SSSR count). The van der Waals surface area contributed by atoms with Crippen LogP contribution in [0.3, 0.4) is 0 Å². The lowest BCUT2D eigenvalue weighted by Gasteiger charge is -2.16. The number of sulfone groups is 1. The van der Waals surface area contributed by atoms with Crippen LogP contribution in [0.4, 0.5) is 0 Å². The van der Waals surface area contributed by atoms with E-state index < -0.39 is 9.84 Å². The first-order valence-corrected chi connectivity index (χ1v) is 12.4. The van der Waals surface area contributed by atoms with Crippen molar-refractivity contribution >= 4 is 21.6 Å². The molecule has 2 aromatic carbocycles. The zero-order chi connectivity index (χ0) is 24.5. The van der Waals surface area contributed by atoms with Crippen molar-refractivity contribution in [1.82, 2.24) is 10.0 Å². The second kappa shape index (κ2) is 9.32. The molecule has 0 saturated carbocycles. The highest BCUT2D eigenvalue weighted by molar-refractivity contribution is 7.90. The van der Waals surface area contributed by atoms with Crippen molar-refractivity contribution in [3.8, 4) is 22.8 Å². The van der Waals surface area contributed by atoms with Crippen LogP contribution in [0.15, 0.2) is 64.5 Å². The van der Waals surface area contributed by atoms with Gasteiger partial charge in [0.25, 0.3) is 5.91 Å². The molecule has 0 bridgehead atoms. The topological polar surface area (TPSA) is 110 Å². The molecule has 1 amide bonds. The molecule has 1 aromatic heterocycles. The Bertz CT molecular complexity index is 1350. The number of benzene rings is 2. The number of H-pyrrole nitrogens is 1. The second-order valence-corrected chi connectivity index (χ2v) is 9.95. The van der Waals surface area contributed by atoms with Crippen LogP contribution in [-0.4, -0.2) is 63.3 Å². The third kappa shape index (κ3) is 5.13. The van der Waals surface area contributed by atoms with E-state index in [9.17, 15) is 13.2 Å². The zero-order valence-corrected chi connectivity index (χ0v) is 20.0. The summed E-state index contributed by atoms with van der Waals surface area (Å²) in [5.74, 6) is 1.02. The molecule has 0 unspecified atom stereocenters. The van der Waals surface area contributed by atoms with E-state index in [0.717, 1.165) is 22.7 Å². The van der Waals surface area contributed by atoms with Crippen LogP contribution in [0.2, 0.25) is 0 Å². The van der Waals surface area contributed by atoms with Gasteiger partial charge in [0.15, 0.2) is 9.84 Å². The zero-order valence-electron chi connectivity index (χ0n) is 19.2. The lowest BCUT2D eigenvalue weighted by atomic mass is 10.1.